The molecule has 0 rings (SSSR count). The number of nitrogens with one attached hydrogen (secondary N) is 1. The first-order valence-corrected chi connectivity index (χ1v) is 2.73. The summed E-state index contributed by atoms with van der Waals surface area (Å²) >= 11 is 0. The molecule has 2 nitrogen and oxygen atoms in total. The second-order valence-electron chi connectivity index (χ2n) is 1.32. The third kappa shape index (κ3) is 5.21. The van der Waals surface area contributed by atoms with E-state index >= 15 is 0 Å². The Balaban J connectivity index is 2.93. The van der Waals surface area contributed by atoms with Gasteiger partial charge < -0.3 is 5.43 Å². The van der Waals surface area contributed by atoms with Crippen molar-refractivity contribution in [2.45, 2.75) is 13.8 Å². The summed E-state index contributed by atoms with van der Waals surface area (Å²) in [4.78, 5) is 0. The zero-order valence-corrected chi connectivity index (χ0v) is 5.39. The van der Waals surface area contributed by atoms with Gasteiger partial charge in [-0.1, -0.05) is 12.2 Å². The summed E-state index contributed by atoms with van der Waals surface area (Å²) in [6.45, 7) is 4.68. The van der Waals surface area contributed by atoms with Crippen LogP contribution in [0.4, 0.5) is 0 Å². The molecule has 0 saturated heterocycles. The fraction of sp³-hybridized carbons (Fsp3) is 0.500. The summed E-state index contributed by atoms with van der Waals surface area (Å²) in [6, 6.07) is 0. The van der Waals surface area contributed by atoms with Crippen molar-refractivity contribution in [3.8, 4) is 0 Å². The molecule has 0 aromatic rings. The maximum Gasteiger partial charge on any atom is 0.0510 e. The smallest absolute Gasteiger partial charge is 0.0510 e. The highest BCUT2D eigenvalue weighted by Gasteiger charge is 1.65. The fourth-order valence-corrected chi connectivity index (χ4v) is 0.315. The van der Waals surface area contributed by atoms with Crippen molar-refractivity contribution in [1.82, 2.24) is 5.43 Å². The zero-order chi connectivity index (χ0) is 6.24. The first-order valence-electron chi connectivity index (χ1n) is 2.73. The van der Waals surface area contributed by atoms with Gasteiger partial charge in [-0.15, -0.1) is 0 Å². The van der Waals surface area contributed by atoms with Crippen LogP contribution in [-0.2, 0) is 0 Å². The summed E-state index contributed by atoms with van der Waals surface area (Å²) in [5.41, 5.74) is 2.82. The van der Waals surface area contributed by atoms with Gasteiger partial charge in [-0.05, 0) is 13.8 Å². The SMILES string of the molecule is C/C=N\NC/C=C/C. The van der Waals surface area contributed by atoms with E-state index in [1.165, 1.54) is 0 Å². The van der Waals surface area contributed by atoms with Crippen LogP contribution in [0.15, 0.2) is 17.3 Å². The molecule has 8 heavy (non-hydrogen) atoms. The van der Waals surface area contributed by atoms with Gasteiger partial charge in [0.05, 0.1) is 6.54 Å². The lowest BCUT2D eigenvalue weighted by atomic mass is 10.5. The highest BCUT2D eigenvalue weighted by molar-refractivity contribution is 5.52. The Morgan fingerprint density at radius 1 is 1.50 bits per heavy atom. The normalized spacial score (nSPS) is 11.2. The molecule has 0 heterocycles. The average molecular weight is 112 g/mol. The largest absolute Gasteiger partial charge is 0.307 e. The lowest BCUT2D eigenvalue weighted by molar-refractivity contribution is 0.829. The molecular formula is C6H12N2. The number of allylic oxidation sites excluding steroid dienone is 1. The van der Waals surface area contributed by atoms with E-state index in [0.29, 0.717) is 0 Å². The third-order valence-electron chi connectivity index (χ3n) is 0.665. The Labute approximate surface area is 50.3 Å². The van der Waals surface area contributed by atoms with Crippen molar-refractivity contribution < 1.29 is 0 Å². The molecule has 0 aromatic carbocycles. The third-order valence-corrected chi connectivity index (χ3v) is 0.665. The van der Waals surface area contributed by atoms with Crippen LogP contribution >= 0.6 is 0 Å². The number of hydrazone groups is 1. The van der Waals surface area contributed by atoms with Gasteiger partial charge >= 0.3 is 0 Å². The molecule has 0 saturated carbocycles. The van der Waals surface area contributed by atoms with Crippen molar-refractivity contribution in [3.05, 3.63) is 12.2 Å². The molecule has 0 unspecified atom stereocenters. The van der Waals surface area contributed by atoms with Crippen molar-refractivity contribution >= 4 is 6.21 Å². The van der Waals surface area contributed by atoms with Gasteiger partial charge in [-0.25, -0.2) is 0 Å². The number of rotatable bonds is 3. The molecule has 0 bridgehead atoms. The lowest BCUT2D eigenvalue weighted by Crippen LogP contribution is -2.03. The number of hydrogen-bond donors (Lipinski definition) is 1. The van der Waals surface area contributed by atoms with Crippen LogP contribution in [0.25, 0.3) is 0 Å². The highest BCUT2D eigenvalue weighted by Crippen LogP contribution is 1.65. The predicted molar refractivity (Wildman–Crippen MR) is 37.0 cm³/mol. The van der Waals surface area contributed by atoms with E-state index in [1.54, 1.807) is 6.21 Å². The topological polar surface area (TPSA) is 24.4 Å². The molecule has 0 aliphatic carbocycles. The molecule has 0 radical (unpaired) electrons. The van der Waals surface area contributed by atoms with Crippen LogP contribution in [0.3, 0.4) is 0 Å². The van der Waals surface area contributed by atoms with Crippen molar-refractivity contribution in [2.75, 3.05) is 6.54 Å². The highest BCUT2D eigenvalue weighted by atomic mass is 15.3. The number of nitrogens with zero attached hydrogens (tertiary/aromatic N) is 1. The minimum absolute atomic E-state index is 0.820. The molecule has 2 heteroatoms. The van der Waals surface area contributed by atoms with Crippen LogP contribution in [0.2, 0.25) is 0 Å². The van der Waals surface area contributed by atoms with Gasteiger partial charge in [0.1, 0.15) is 0 Å². The standard InChI is InChI=1S/C6H12N2/c1-3-5-6-8-7-4-2/h3-5,8H,6H2,1-2H3/b5-3+,7-4-. The van der Waals surface area contributed by atoms with Gasteiger partial charge in [0.25, 0.3) is 0 Å². The van der Waals surface area contributed by atoms with Crippen molar-refractivity contribution in [3.63, 3.8) is 0 Å². The van der Waals surface area contributed by atoms with Gasteiger partial charge in [0.2, 0.25) is 0 Å². The van der Waals surface area contributed by atoms with E-state index in [4.69, 9.17) is 0 Å². The van der Waals surface area contributed by atoms with E-state index < -0.39 is 0 Å². The van der Waals surface area contributed by atoms with Crippen molar-refractivity contribution in [2.24, 2.45) is 5.10 Å². The summed E-state index contributed by atoms with van der Waals surface area (Å²) in [6.07, 6.45) is 5.72. The molecular weight excluding hydrogens is 100 g/mol. The molecule has 0 atom stereocenters. The maximum absolute atomic E-state index is 3.78. The maximum atomic E-state index is 3.78. The quantitative estimate of drug-likeness (QED) is 0.252. The van der Waals surface area contributed by atoms with Gasteiger partial charge in [-0.3, -0.25) is 0 Å². The second kappa shape index (κ2) is 6.21. The Kier molecular flexibility index (Phi) is 5.60. The fourth-order valence-electron chi connectivity index (χ4n) is 0.315. The zero-order valence-electron chi connectivity index (χ0n) is 5.39. The molecule has 46 valence electrons. The molecule has 0 aliphatic heterocycles. The average Bonchev–Trinajstić information content (AvgIpc) is 1.81. The molecule has 1 N–H and O–H groups in total. The van der Waals surface area contributed by atoms with Gasteiger partial charge in [0, 0.05) is 6.21 Å². The first kappa shape index (κ1) is 7.21. The Hall–Kier alpha value is -0.790. The van der Waals surface area contributed by atoms with E-state index in [2.05, 4.69) is 10.5 Å². The van der Waals surface area contributed by atoms with Crippen molar-refractivity contribution in [1.29, 1.82) is 0 Å². The van der Waals surface area contributed by atoms with Crippen LogP contribution in [0, 0.1) is 0 Å². The van der Waals surface area contributed by atoms with Crippen LogP contribution < -0.4 is 5.43 Å². The van der Waals surface area contributed by atoms with E-state index in [-0.39, 0.29) is 0 Å². The Bertz CT molecular complexity index is 72.5. The Morgan fingerprint density at radius 3 is 2.75 bits per heavy atom. The second-order valence-corrected chi connectivity index (χ2v) is 1.32. The molecule has 0 aliphatic rings. The Morgan fingerprint density at radius 2 is 2.25 bits per heavy atom. The van der Waals surface area contributed by atoms with E-state index in [9.17, 15) is 0 Å². The van der Waals surface area contributed by atoms with Gasteiger partial charge in [-0.2, -0.15) is 5.10 Å². The van der Waals surface area contributed by atoms with E-state index in [1.807, 2.05) is 26.0 Å². The number of hydrogen-bond acceptors (Lipinski definition) is 2. The monoisotopic (exact) mass is 112 g/mol. The molecule has 0 aromatic heterocycles. The lowest BCUT2D eigenvalue weighted by Gasteiger charge is -1.88. The molecule has 0 fully saturated rings. The van der Waals surface area contributed by atoms with E-state index in [0.717, 1.165) is 6.54 Å². The van der Waals surface area contributed by atoms with Crippen LogP contribution in [-0.4, -0.2) is 12.8 Å². The molecule has 0 amide bonds. The van der Waals surface area contributed by atoms with Crippen LogP contribution in [0.1, 0.15) is 13.8 Å². The summed E-state index contributed by atoms with van der Waals surface area (Å²) in [5.74, 6) is 0. The molecule has 0 spiro atoms. The first-order chi connectivity index (χ1) is 3.91. The summed E-state index contributed by atoms with van der Waals surface area (Å²) in [5, 5.41) is 3.78. The minimum atomic E-state index is 0.820. The summed E-state index contributed by atoms with van der Waals surface area (Å²) in [7, 11) is 0. The summed E-state index contributed by atoms with van der Waals surface area (Å²) < 4.78 is 0. The van der Waals surface area contributed by atoms with Crippen LogP contribution in [0.5, 0.6) is 0 Å². The minimum Gasteiger partial charge on any atom is -0.307 e. The predicted octanol–water partition coefficient (Wildman–Crippen LogP) is 1.16. The van der Waals surface area contributed by atoms with Gasteiger partial charge in [0.15, 0.2) is 0 Å².